The summed E-state index contributed by atoms with van der Waals surface area (Å²) in [6, 6.07) is 1.18. The van der Waals surface area contributed by atoms with E-state index in [0.29, 0.717) is 12.1 Å². The molecule has 1 aromatic rings. The molecule has 0 bridgehead atoms. The fourth-order valence-electron chi connectivity index (χ4n) is 3.17. The number of rotatable bonds is 7. The summed E-state index contributed by atoms with van der Waals surface area (Å²) in [4.78, 5) is 4.53. The van der Waals surface area contributed by atoms with Crippen molar-refractivity contribution in [1.29, 1.82) is 0 Å². The van der Waals surface area contributed by atoms with Crippen LogP contribution in [0, 0.1) is 5.92 Å². The summed E-state index contributed by atoms with van der Waals surface area (Å²) >= 11 is 0. The predicted molar refractivity (Wildman–Crippen MR) is 86.1 cm³/mol. The standard InChI is InChI=1S/C17H31N3/c1-14(2)8-7-9-15(3)20-13-12-18-17(20)19-16-10-5-4-6-11-16/h12-16H,4-11H2,1-3H3,(H,18,19). The maximum atomic E-state index is 4.53. The second kappa shape index (κ2) is 7.70. The van der Waals surface area contributed by atoms with E-state index in [1.807, 2.05) is 6.20 Å². The van der Waals surface area contributed by atoms with E-state index in [4.69, 9.17) is 0 Å². The van der Waals surface area contributed by atoms with Gasteiger partial charge < -0.3 is 9.88 Å². The van der Waals surface area contributed by atoms with Crippen LogP contribution in [0.4, 0.5) is 5.95 Å². The van der Waals surface area contributed by atoms with Crippen molar-refractivity contribution >= 4 is 5.95 Å². The van der Waals surface area contributed by atoms with E-state index in [1.165, 1.54) is 51.4 Å². The lowest BCUT2D eigenvalue weighted by atomic mass is 9.96. The Labute approximate surface area is 124 Å². The summed E-state index contributed by atoms with van der Waals surface area (Å²) < 4.78 is 2.33. The SMILES string of the molecule is CC(C)CCCC(C)n1ccnc1NC1CCCCC1. The first kappa shape index (κ1) is 15.4. The van der Waals surface area contributed by atoms with Crippen LogP contribution in [0.15, 0.2) is 12.4 Å². The van der Waals surface area contributed by atoms with Crippen molar-refractivity contribution in [2.45, 2.75) is 84.2 Å². The van der Waals surface area contributed by atoms with Gasteiger partial charge in [0.25, 0.3) is 0 Å². The molecule has 114 valence electrons. The van der Waals surface area contributed by atoms with Crippen molar-refractivity contribution in [3.8, 4) is 0 Å². The molecule has 1 atom stereocenters. The fraction of sp³-hybridized carbons (Fsp3) is 0.824. The van der Waals surface area contributed by atoms with E-state index in [0.717, 1.165) is 11.9 Å². The number of aromatic nitrogens is 2. The zero-order valence-corrected chi connectivity index (χ0v) is 13.4. The molecule has 1 aliphatic carbocycles. The van der Waals surface area contributed by atoms with Crippen LogP contribution in [0.3, 0.4) is 0 Å². The molecule has 1 unspecified atom stereocenters. The van der Waals surface area contributed by atoms with E-state index >= 15 is 0 Å². The van der Waals surface area contributed by atoms with Gasteiger partial charge in [-0.05, 0) is 32.1 Å². The highest BCUT2D eigenvalue weighted by Gasteiger charge is 2.16. The van der Waals surface area contributed by atoms with Gasteiger partial charge in [0.1, 0.15) is 0 Å². The minimum Gasteiger partial charge on any atom is -0.353 e. The van der Waals surface area contributed by atoms with Crippen molar-refractivity contribution in [3.63, 3.8) is 0 Å². The van der Waals surface area contributed by atoms with Gasteiger partial charge in [-0.3, -0.25) is 0 Å². The molecule has 1 heterocycles. The van der Waals surface area contributed by atoms with Crippen LogP contribution in [-0.2, 0) is 0 Å². The molecule has 0 radical (unpaired) electrons. The van der Waals surface area contributed by atoms with Gasteiger partial charge in [0, 0.05) is 24.5 Å². The molecular formula is C17H31N3. The Kier molecular flexibility index (Phi) is 5.93. The van der Waals surface area contributed by atoms with Crippen molar-refractivity contribution in [2.75, 3.05) is 5.32 Å². The third-order valence-electron chi connectivity index (χ3n) is 4.49. The average molecular weight is 277 g/mol. The van der Waals surface area contributed by atoms with Gasteiger partial charge in [-0.25, -0.2) is 4.98 Å². The normalized spacial score (nSPS) is 18.4. The third-order valence-corrected chi connectivity index (χ3v) is 4.49. The molecule has 0 aromatic carbocycles. The molecule has 0 aliphatic heterocycles. The van der Waals surface area contributed by atoms with E-state index in [2.05, 4.69) is 41.8 Å². The summed E-state index contributed by atoms with van der Waals surface area (Å²) in [7, 11) is 0. The minimum absolute atomic E-state index is 0.544. The van der Waals surface area contributed by atoms with Gasteiger partial charge >= 0.3 is 0 Å². The van der Waals surface area contributed by atoms with Crippen molar-refractivity contribution < 1.29 is 0 Å². The Hall–Kier alpha value is -0.990. The molecule has 1 aromatic heterocycles. The molecule has 2 rings (SSSR count). The Morgan fingerprint density at radius 1 is 1.20 bits per heavy atom. The number of hydrogen-bond acceptors (Lipinski definition) is 2. The zero-order chi connectivity index (χ0) is 14.4. The van der Waals surface area contributed by atoms with Crippen LogP contribution < -0.4 is 5.32 Å². The largest absolute Gasteiger partial charge is 0.353 e. The maximum Gasteiger partial charge on any atom is 0.203 e. The molecule has 0 spiro atoms. The van der Waals surface area contributed by atoms with Gasteiger partial charge in [-0.2, -0.15) is 0 Å². The molecule has 3 heteroatoms. The van der Waals surface area contributed by atoms with Crippen LogP contribution >= 0.6 is 0 Å². The minimum atomic E-state index is 0.544. The lowest BCUT2D eigenvalue weighted by Gasteiger charge is -2.25. The van der Waals surface area contributed by atoms with Gasteiger partial charge in [-0.15, -0.1) is 0 Å². The number of anilines is 1. The first-order valence-electron chi connectivity index (χ1n) is 8.46. The Morgan fingerprint density at radius 2 is 1.95 bits per heavy atom. The molecule has 3 nitrogen and oxygen atoms in total. The zero-order valence-electron chi connectivity index (χ0n) is 13.4. The lowest BCUT2D eigenvalue weighted by Crippen LogP contribution is -2.24. The number of imidazole rings is 1. The Bertz CT molecular complexity index is 377. The number of nitrogens with zero attached hydrogens (tertiary/aromatic N) is 2. The van der Waals surface area contributed by atoms with E-state index in [9.17, 15) is 0 Å². The van der Waals surface area contributed by atoms with Gasteiger partial charge in [0.15, 0.2) is 0 Å². The highest BCUT2D eigenvalue weighted by Crippen LogP contribution is 2.24. The molecular weight excluding hydrogens is 246 g/mol. The number of hydrogen-bond donors (Lipinski definition) is 1. The highest BCUT2D eigenvalue weighted by molar-refractivity contribution is 5.28. The molecule has 20 heavy (non-hydrogen) atoms. The molecule has 1 N–H and O–H groups in total. The monoisotopic (exact) mass is 277 g/mol. The van der Waals surface area contributed by atoms with Gasteiger partial charge in [0.05, 0.1) is 0 Å². The van der Waals surface area contributed by atoms with Crippen molar-refractivity contribution in [2.24, 2.45) is 5.92 Å². The highest BCUT2D eigenvalue weighted by atomic mass is 15.2. The Morgan fingerprint density at radius 3 is 2.65 bits per heavy atom. The van der Waals surface area contributed by atoms with Crippen LogP contribution in [0.5, 0.6) is 0 Å². The van der Waals surface area contributed by atoms with E-state index < -0.39 is 0 Å². The average Bonchev–Trinajstić information content (AvgIpc) is 2.87. The first-order valence-corrected chi connectivity index (χ1v) is 8.46. The molecule has 1 aliphatic rings. The van der Waals surface area contributed by atoms with Crippen LogP contribution in [0.2, 0.25) is 0 Å². The molecule has 1 saturated carbocycles. The second-order valence-electron chi connectivity index (χ2n) is 6.81. The van der Waals surface area contributed by atoms with E-state index in [1.54, 1.807) is 0 Å². The van der Waals surface area contributed by atoms with Crippen LogP contribution in [-0.4, -0.2) is 15.6 Å². The van der Waals surface area contributed by atoms with E-state index in [-0.39, 0.29) is 0 Å². The molecule has 0 saturated heterocycles. The smallest absolute Gasteiger partial charge is 0.203 e. The summed E-state index contributed by atoms with van der Waals surface area (Å²) in [5.41, 5.74) is 0. The van der Waals surface area contributed by atoms with Gasteiger partial charge in [0.2, 0.25) is 5.95 Å². The maximum absolute atomic E-state index is 4.53. The second-order valence-corrected chi connectivity index (χ2v) is 6.81. The molecule has 0 amide bonds. The predicted octanol–water partition coefficient (Wildman–Crippen LogP) is 5.02. The molecule has 1 fully saturated rings. The summed E-state index contributed by atoms with van der Waals surface area (Å²) in [5, 5.41) is 3.66. The van der Waals surface area contributed by atoms with Crippen LogP contribution in [0.1, 0.15) is 78.2 Å². The summed E-state index contributed by atoms with van der Waals surface area (Å²) in [5.74, 6) is 1.89. The Balaban J connectivity index is 1.86. The third kappa shape index (κ3) is 4.53. The quantitative estimate of drug-likeness (QED) is 0.758. The summed E-state index contributed by atoms with van der Waals surface area (Å²) in [6.07, 6.45) is 14.7. The van der Waals surface area contributed by atoms with Gasteiger partial charge in [-0.1, -0.05) is 46.0 Å². The van der Waals surface area contributed by atoms with Crippen LogP contribution in [0.25, 0.3) is 0 Å². The fourth-order valence-corrected chi connectivity index (χ4v) is 3.17. The van der Waals surface area contributed by atoms with Crippen molar-refractivity contribution in [1.82, 2.24) is 9.55 Å². The van der Waals surface area contributed by atoms with Crippen molar-refractivity contribution in [3.05, 3.63) is 12.4 Å². The lowest BCUT2D eigenvalue weighted by molar-refractivity contribution is 0.437. The first-order chi connectivity index (χ1) is 9.66. The summed E-state index contributed by atoms with van der Waals surface area (Å²) in [6.45, 7) is 6.92. The number of nitrogens with one attached hydrogen (secondary N) is 1. The topological polar surface area (TPSA) is 29.9 Å².